The van der Waals surface area contributed by atoms with Crippen molar-refractivity contribution in [2.45, 2.75) is 51.6 Å². The van der Waals surface area contributed by atoms with Gasteiger partial charge in [-0.05, 0) is 47.9 Å². The number of unbranched alkanes of at least 4 members (excludes halogenated alkanes) is 1. The summed E-state index contributed by atoms with van der Waals surface area (Å²) in [5.41, 5.74) is 3.23. The molecule has 1 unspecified atom stereocenters. The Hall–Kier alpha value is -4.44. The molecule has 5 rings (SSSR count). The molecule has 0 aliphatic carbocycles. The van der Waals surface area contributed by atoms with Crippen LogP contribution in [0.2, 0.25) is 0 Å². The third kappa shape index (κ3) is 5.62. The highest BCUT2D eigenvalue weighted by atomic mass is 16.2. The Balaban J connectivity index is 1.32. The molecule has 1 saturated heterocycles. The quantitative estimate of drug-likeness (QED) is 0.295. The second-order valence-electron chi connectivity index (χ2n) is 10.6. The molecule has 1 aromatic heterocycles. The van der Waals surface area contributed by atoms with E-state index < -0.39 is 0 Å². The van der Waals surface area contributed by atoms with E-state index in [-0.39, 0.29) is 23.8 Å². The number of imidazole rings is 1. The molecule has 0 N–H and O–H groups in total. The van der Waals surface area contributed by atoms with Gasteiger partial charge in [0, 0.05) is 49.7 Å². The summed E-state index contributed by atoms with van der Waals surface area (Å²) in [6.07, 6.45) is 6.41. The lowest BCUT2D eigenvalue weighted by molar-refractivity contribution is -0.137. The fraction of sp³-hybridized carbons (Fsp3) is 0.333. The van der Waals surface area contributed by atoms with Crippen LogP contribution in [-0.4, -0.2) is 56.8 Å². The van der Waals surface area contributed by atoms with E-state index in [1.807, 2.05) is 75.9 Å². The molecule has 2 heterocycles. The van der Waals surface area contributed by atoms with Gasteiger partial charge < -0.3 is 14.4 Å². The topological polar surface area (TPSA) is 82.2 Å². The molecule has 0 radical (unpaired) electrons. The van der Waals surface area contributed by atoms with E-state index in [1.54, 1.807) is 24.7 Å². The highest BCUT2D eigenvalue weighted by molar-refractivity contribution is 6.07. The maximum atomic E-state index is 13.9. The molecule has 7 heteroatoms. The summed E-state index contributed by atoms with van der Waals surface area (Å²) in [7, 11) is 0. The predicted octanol–water partition coefficient (Wildman–Crippen LogP) is 5.60. The van der Waals surface area contributed by atoms with Crippen LogP contribution >= 0.6 is 0 Å². The maximum absolute atomic E-state index is 13.9. The minimum Gasteiger partial charge on any atom is -0.336 e. The van der Waals surface area contributed by atoms with Crippen LogP contribution in [0.1, 0.15) is 66.2 Å². The minimum atomic E-state index is -0.370. The molecule has 2 amide bonds. The van der Waals surface area contributed by atoms with Gasteiger partial charge in [0.05, 0.1) is 23.9 Å². The molecule has 4 aromatic rings. The van der Waals surface area contributed by atoms with Gasteiger partial charge in [0.15, 0.2) is 0 Å². The number of hydrogen-bond donors (Lipinski definition) is 0. The first-order chi connectivity index (χ1) is 19.5. The standard InChI is InChI=1S/C33H35N5O2/c1-3-4-10-28-22-36(33(40)30-12-7-9-27-8-5-6-11-29(27)30)17-18-38(28)32(39)24(2)31-20-35-23-37(31)21-26-15-13-25(19-34)14-16-26/h5-9,11-16,20,23-24,28H,3-4,10,17-18,21-22H2,1-2H3/t24?,28-/m0/s1. The van der Waals surface area contributed by atoms with Gasteiger partial charge in [0.2, 0.25) is 5.91 Å². The molecule has 0 bridgehead atoms. The van der Waals surface area contributed by atoms with Crippen molar-refractivity contribution in [3.05, 3.63) is 102 Å². The first-order valence-electron chi connectivity index (χ1n) is 14.1. The van der Waals surface area contributed by atoms with Gasteiger partial charge in [0.25, 0.3) is 5.91 Å². The summed E-state index contributed by atoms with van der Waals surface area (Å²) in [4.78, 5) is 35.9. The van der Waals surface area contributed by atoms with Crippen LogP contribution in [0.4, 0.5) is 0 Å². The van der Waals surface area contributed by atoms with E-state index >= 15 is 0 Å². The zero-order valence-electron chi connectivity index (χ0n) is 23.2. The number of rotatable bonds is 8. The molecule has 1 aliphatic heterocycles. The highest BCUT2D eigenvalue weighted by Gasteiger charge is 2.35. The van der Waals surface area contributed by atoms with Gasteiger partial charge in [-0.3, -0.25) is 9.59 Å². The number of piperazine rings is 1. The van der Waals surface area contributed by atoms with Crippen molar-refractivity contribution in [3.8, 4) is 6.07 Å². The summed E-state index contributed by atoms with van der Waals surface area (Å²) in [6, 6.07) is 23.4. The van der Waals surface area contributed by atoms with Crippen LogP contribution < -0.4 is 0 Å². The van der Waals surface area contributed by atoms with Crippen LogP contribution in [0.25, 0.3) is 10.8 Å². The SMILES string of the molecule is CCCC[C@H]1CN(C(=O)c2cccc3ccccc23)CCN1C(=O)C(C)c1cncn1Cc1ccc(C#N)cc1. The van der Waals surface area contributed by atoms with E-state index in [2.05, 4.69) is 18.0 Å². The highest BCUT2D eigenvalue weighted by Crippen LogP contribution is 2.26. The molecule has 204 valence electrons. The Morgan fingerprint density at radius 3 is 2.60 bits per heavy atom. The van der Waals surface area contributed by atoms with Crippen LogP contribution in [0.3, 0.4) is 0 Å². The smallest absolute Gasteiger partial charge is 0.254 e. The maximum Gasteiger partial charge on any atom is 0.254 e. The lowest BCUT2D eigenvalue weighted by Crippen LogP contribution is -2.57. The number of amides is 2. The minimum absolute atomic E-state index is 0.0268. The number of hydrogen-bond acceptors (Lipinski definition) is 4. The van der Waals surface area contributed by atoms with Crippen molar-refractivity contribution in [1.29, 1.82) is 5.26 Å². The Kier molecular flexibility index (Phi) is 8.26. The lowest BCUT2D eigenvalue weighted by atomic mass is 9.99. The number of carbonyl (C=O) groups is 2. The number of fused-ring (bicyclic) bond motifs is 1. The molecule has 0 saturated carbocycles. The molecule has 7 nitrogen and oxygen atoms in total. The van der Waals surface area contributed by atoms with E-state index in [0.29, 0.717) is 37.3 Å². The van der Waals surface area contributed by atoms with Crippen molar-refractivity contribution in [2.75, 3.05) is 19.6 Å². The largest absolute Gasteiger partial charge is 0.336 e. The van der Waals surface area contributed by atoms with Crippen molar-refractivity contribution >= 4 is 22.6 Å². The van der Waals surface area contributed by atoms with E-state index in [1.165, 1.54) is 0 Å². The van der Waals surface area contributed by atoms with Gasteiger partial charge in [-0.15, -0.1) is 0 Å². The van der Waals surface area contributed by atoms with Crippen LogP contribution in [-0.2, 0) is 11.3 Å². The Morgan fingerprint density at radius 1 is 1.05 bits per heavy atom. The molecular weight excluding hydrogens is 498 g/mol. The van der Waals surface area contributed by atoms with Gasteiger partial charge in [-0.1, -0.05) is 68.3 Å². The number of benzene rings is 3. The van der Waals surface area contributed by atoms with Gasteiger partial charge in [-0.25, -0.2) is 4.98 Å². The van der Waals surface area contributed by atoms with Crippen molar-refractivity contribution in [1.82, 2.24) is 19.4 Å². The fourth-order valence-corrected chi connectivity index (χ4v) is 5.68. The van der Waals surface area contributed by atoms with Crippen LogP contribution in [0.5, 0.6) is 0 Å². The molecule has 1 fully saturated rings. The van der Waals surface area contributed by atoms with Crippen molar-refractivity contribution < 1.29 is 9.59 Å². The van der Waals surface area contributed by atoms with E-state index in [9.17, 15) is 9.59 Å². The monoisotopic (exact) mass is 533 g/mol. The molecule has 40 heavy (non-hydrogen) atoms. The Bertz CT molecular complexity index is 1530. The summed E-state index contributed by atoms with van der Waals surface area (Å²) < 4.78 is 2.01. The lowest BCUT2D eigenvalue weighted by Gasteiger charge is -2.42. The average Bonchev–Trinajstić information content (AvgIpc) is 3.46. The molecule has 3 aromatic carbocycles. The van der Waals surface area contributed by atoms with Gasteiger partial charge in [-0.2, -0.15) is 5.26 Å². The third-order valence-corrected chi connectivity index (χ3v) is 7.96. The summed E-state index contributed by atoms with van der Waals surface area (Å²) >= 11 is 0. The normalized spacial score (nSPS) is 16.1. The molecule has 2 atom stereocenters. The molecule has 0 spiro atoms. The zero-order valence-corrected chi connectivity index (χ0v) is 23.2. The molecular formula is C33H35N5O2. The number of nitriles is 1. The van der Waals surface area contributed by atoms with Crippen molar-refractivity contribution in [3.63, 3.8) is 0 Å². The second kappa shape index (κ2) is 12.2. The van der Waals surface area contributed by atoms with E-state index in [4.69, 9.17) is 5.26 Å². The predicted molar refractivity (Wildman–Crippen MR) is 156 cm³/mol. The second-order valence-corrected chi connectivity index (χ2v) is 10.6. The van der Waals surface area contributed by atoms with Gasteiger partial charge in [0.1, 0.15) is 0 Å². The zero-order chi connectivity index (χ0) is 28.1. The van der Waals surface area contributed by atoms with Crippen molar-refractivity contribution in [2.24, 2.45) is 0 Å². The third-order valence-electron chi connectivity index (χ3n) is 7.96. The van der Waals surface area contributed by atoms with Gasteiger partial charge >= 0.3 is 0 Å². The first-order valence-corrected chi connectivity index (χ1v) is 14.1. The fourth-order valence-electron chi connectivity index (χ4n) is 5.68. The summed E-state index contributed by atoms with van der Waals surface area (Å²) in [5.74, 6) is -0.274. The van der Waals surface area contributed by atoms with E-state index in [0.717, 1.165) is 41.3 Å². The number of carbonyl (C=O) groups excluding carboxylic acids is 2. The first kappa shape index (κ1) is 27.1. The average molecular weight is 534 g/mol. The Morgan fingerprint density at radius 2 is 1.82 bits per heavy atom. The number of aromatic nitrogens is 2. The summed E-state index contributed by atoms with van der Waals surface area (Å²) in [5, 5.41) is 11.1. The summed E-state index contributed by atoms with van der Waals surface area (Å²) in [6.45, 7) is 6.22. The van der Waals surface area contributed by atoms with Crippen LogP contribution in [0, 0.1) is 11.3 Å². The molecule has 1 aliphatic rings. The Labute approximate surface area is 235 Å². The van der Waals surface area contributed by atoms with Crippen LogP contribution in [0.15, 0.2) is 79.3 Å². The number of nitrogens with zero attached hydrogens (tertiary/aromatic N) is 5.